The van der Waals surface area contributed by atoms with E-state index in [1.54, 1.807) is 0 Å². The van der Waals surface area contributed by atoms with Crippen LogP contribution in [0.1, 0.15) is 22.3 Å². The molecule has 0 aliphatic heterocycles. The fraction of sp³-hybridized carbons (Fsp3) is 0.0185. The van der Waals surface area contributed by atoms with E-state index in [0.717, 1.165) is 27.8 Å². The van der Waals surface area contributed by atoms with Crippen molar-refractivity contribution in [1.29, 1.82) is 0 Å². The SMILES string of the molecule is c1ccc(-c2ccc(-c3nc(-c4ccccc4)nc(-c4ccc(-c5ccc6c(c5)-c5ccccc5C65c6cccc7ccc8cccc5c8c67)cc4)n3)cc2)cc1. The third kappa shape index (κ3) is 4.69. The van der Waals surface area contributed by atoms with Crippen LogP contribution in [-0.4, -0.2) is 15.0 Å². The first-order chi connectivity index (χ1) is 28.2. The zero-order chi connectivity index (χ0) is 37.5. The molecule has 3 heteroatoms. The Morgan fingerprint density at radius 1 is 0.263 bits per heavy atom. The minimum atomic E-state index is -0.355. The van der Waals surface area contributed by atoms with E-state index in [0.29, 0.717) is 17.5 Å². The lowest BCUT2D eigenvalue weighted by Gasteiger charge is -2.30. The first kappa shape index (κ1) is 31.8. The molecule has 0 bridgehead atoms. The number of fused-ring (bicyclic) bond motifs is 7. The standard InChI is InChI=1S/C54H33N3/c1-3-11-34(12-4-1)35-21-27-40(28-22-35)52-55-51(39-13-5-2-6-14-39)56-53(57-52)41-29-23-36(24-30-41)42-31-32-46-44(33-42)43-17-7-8-18-45(43)54(46)47-19-9-15-37-25-26-38-16-10-20-48(54)50(38)49(37)47/h1-33H. The van der Waals surface area contributed by atoms with Gasteiger partial charge in [-0.3, -0.25) is 0 Å². The third-order valence-corrected chi connectivity index (χ3v) is 12.1. The Kier molecular flexibility index (Phi) is 6.84. The van der Waals surface area contributed by atoms with Gasteiger partial charge in [0.05, 0.1) is 5.41 Å². The molecular weight excluding hydrogens is 691 g/mol. The van der Waals surface area contributed by atoms with Crippen LogP contribution in [-0.2, 0) is 5.41 Å². The minimum Gasteiger partial charge on any atom is -0.208 e. The number of nitrogens with zero attached hydrogens (tertiary/aromatic N) is 3. The van der Waals surface area contributed by atoms with Gasteiger partial charge in [0.25, 0.3) is 0 Å². The summed E-state index contributed by atoms with van der Waals surface area (Å²) in [5.74, 6) is 1.94. The lowest BCUT2D eigenvalue weighted by Crippen LogP contribution is -2.26. The summed E-state index contributed by atoms with van der Waals surface area (Å²) in [5.41, 5.74) is 15.2. The maximum absolute atomic E-state index is 5.04. The largest absolute Gasteiger partial charge is 0.208 e. The van der Waals surface area contributed by atoms with Crippen LogP contribution in [0.3, 0.4) is 0 Å². The maximum Gasteiger partial charge on any atom is 0.164 e. The molecule has 0 saturated heterocycles. The van der Waals surface area contributed by atoms with Gasteiger partial charge >= 0.3 is 0 Å². The van der Waals surface area contributed by atoms with Crippen LogP contribution in [0, 0.1) is 0 Å². The molecular formula is C54H33N3. The van der Waals surface area contributed by atoms with E-state index >= 15 is 0 Å². The van der Waals surface area contributed by atoms with Crippen molar-refractivity contribution in [2.45, 2.75) is 5.41 Å². The quantitative estimate of drug-likeness (QED) is 0.166. The van der Waals surface area contributed by atoms with Gasteiger partial charge in [0.1, 0.15) is 0 Å². The van der Waals surface area contributed by atoms with E-state index in [2.05, 4.69) is 164 Å². The zero-order valence-electron chi connectivity index (χ0n) is 30.9. The predicted molar refractivity (Wildman–Crippen MR) is 233 cm³/mol. The van der Waals surface area contributed by atoms with Crippen molar-refractivity contribution in [3.8, 4) is 67.5 Å². The van der Waals surface area contributed by atoms with Crippen LogP contribution in [0.15, 0.2) is 200 Å². The molecule has 3 nitrogen and oxygen atoms in total. The molecule has 1 aromatic heterocycles. The van der Waals surface area contributed by atoms with Crippen molar-refractivity contribution in [2.24, 2.45) is 0 Å². The summed E-state index contributed by atoms with van der Waals surface area (Å²) >= 11 is 0. The van der Waals surface area contributed by atoms with Crippen molar-refractivity contribution >= 4 is 21.5 Å². The van der Waals surface area contributed by atoms with E-state index in [-0.39, 0.29) is 5.41 Å². The highest BCUT2D eigenvalue weighted by molar-refractivity contribution is 6.17. The van der Waals surface area contributed by atoms with E-state index < -0.39 is 0 Å². The number of benzene rings is 9. The molecule has 0 N–H and O–H groups in total. The molecule has 0 saturated carbocycles. The number of hydrogen-bond donors (Lipinski definition) is 0. The Hall–Kier alpha value is -7.49. The smallest absolute Gasteiger partial charge is 0.164 e. The molecule has 0 fully saturated rings. The summed E-state index contributed by atoms with van der Waals surface area (Å²) < 4.78 is 0. The molecule has 12 rings (SSSR count). The van der Waals surface area contributed by atoms with Gasteiger partial charge in [-0.15, -0.1) is 0 Å². The second-order valence-corrected chi connectivity index (χ2v) is 15.1. The molecule has 10 aromatic rings. The summed E-state index contributed by atoms with van der Waals surface area (Å²) in [6.07, 6.45) is 0. The normalized spacial score (nSPS) is 13.1. The number of aromatic nitrogens is 3. The van der Waals surface area contributed by atoms with Gasteiger partial charge in [-0.05, 0) is 83.2 Å². The molecule has 2 aliphatic rings. The number of hydrogen-bond acceptors (Lipinski definition) is 3. The van der Waals surface area contributed by atoms with Gasteiger partial charge in [-0.1, -0.05) is 194 Å². The molecule has 0 amide bonds. The Labute approximate surface area is 330 Å². The van der Waals surface area contributed by atoms with Crippen molar-refractivity contribution < 1.29 is 0 Å². The molecule has 2 aliphatic carbocycles. The monoisotopic (exact) mass is 723 g/mol. The van der Waals surface area contributed by atoms with Crippen LogP contribution < -0.4 is 0 Å². The summed E-state index contributed by atoms with van der Waals surface area (Å²) in [5, 5.41) is 5.37. The van der Waals surface area contributed by atoms with Gasteiger partial charge in [0.2, 0.25) is 0 Å². The zero-order valence-corrected chi connectivity index (χ0v) is 30.9. The van der Waals surface area contributed by atoms with Gasteiger partial charge in [-0.25, -0.2) is 15.0 Å². The van der Waals surface area contributed by atoms with Gasteiger partial charge in [0, 0.05) is 16.7 Å². The van der Waals surface area contributed by atoms with Crippen LogP contribution in [0.5, 0.6) is 0 Å². The Morgan fingerprint density at radius 2 is 0.667 bits per heavy atom. The highest BCUT2D eigenvalue weighted by atomic mass is 15.0. The second-order valence-electron chi connectivity index (χ2n) is 15.1. The van der Waals surface area contributed by atoms with Crippen LogP contribution in [0.25, 0.3) is 89.1 Å². The Bertz CT molecular complexity index is 3140. The van der Waals surface area contributed by atoms with Gasteiger partial charge < -0.3 is 0 Å². The minimum absolute atomic E-state index is 0.355. The molecule has 0 atom stereocenters. The fourth-order valence-electron chi connectivity index (χ4n) is 9.57. The average Bonchev–Trinajstić information content (AvgIpc) is 3.77. The van der Waals surface area contributed by atoms with E-state index in [1.807, 2.05) is 36.4 Å². The Morgan fingerprint density at radius 3 is 1.25 bits per heavy atom. The molecule has 0 radical (unpaired) electrons. The molecule has 264 valence electrons. The van der Waals surface area contributed by atoms with Crippen molar-refractivity contribution in [1.82, 2.24) is 15.0 Å². The van der Waals surface area contributed by atoms with E-state index in [1.165, 1.54) is 66.1 Å². The Balaban J connectivity index is 0.949. The summed E-state index contributed by atoms with van der Waals surface area (Å²) in [7, 11) is 0. The van der Waals surface area contributed by atoms with Crippen molar-refractivity contribution in [3.63, 3.8) is 0 Å². The fourth-order valence-corrected chi connectivity index (χ4v) is 9.57. The topological polar surface area (TPSA) is 38.7 Å². The maximum atomic E-state index is 5.04. The second kappa shape index (κ2) is 12.3. The predicted octanol–water partition coefficient (Wildman–Crippen LogP) is 13.2. The summed E-state index contributed by atoms with van der Waals surface area (Å²) in [6, 6.07) is 72.0. The lowest BCUT2D eigenvalue weighted by molar-refractivity contribution is 0.797. The van der Waals surface area contributed by atoms with Crippen molar-refractivity contribution in [2.75, 3.05) is 0 Å². The summed E-state index contributed by atoms with van der Waals surface area (Å²) in [6.45, 7) is 0. The molecule has 57 heavy (non-hydrogen) atoms. The van der Waals surface area contributed by atoms with Gasteiger partial charge in [0.15, 0.2) is 17.5 Å². The molecule has 1 spiro atoms. The molecule has 0 unspecified atom stereocenters. The van der Waals surface area contributed by atoms with E-state index in [4.69, 9.17) is 15.0 Å². The highest BCUT2D eigenvalue weighted by Gasteiger charge is 2.50. The lowest BCUT2D eigenvalue weighted by atomic mass is 9.70. The summed E-state index contributed by atoms with van der Waals surface area (Å²) in [4.78, 5) is 15.0. The molecule has 1 heterocycles. The molecule has 9 aromatic carbocycles. The highest BCUT2D eigenvalue weighted by Crippen LogP contribution is 2.62. The van der Waals surface area contributed by atoms with Gasteiger partial charge in [-0.2, -0.15) is 0 Å². The van der Waals surface area contributed by atoms with Crippen LogP contribution in [0.2, 0.25) is 0 Å². The first-order valence-electron chi connectivity index (χ1n) is 19.5. The number of rotatable bonds is 5. The van der Waals surface area contributed by atoms with E-state index in [9.17, 15) is 0 Å². The average molecular weight is 724 g/mol. The third-order valence-electron chi connectivity index (χ3n) is 12.1. The van der Waals surface area contributed by atoms with Crippen LogP contribution in [0.4, 0.5) is 0 Å². The first-order valence-corrected chi connectivity index (χ1v) is 19.5. The van der Waals surface area contributed by atoms with Crippen molar-refractivity contribution in [3.05, 3.63) is 222 Å². The van der Waals surface area contributed by atoms with Crippen LogP contribution >= 0.6 is 0 Å².